The highest BCUT2D eigenvalue weighted by Gasteiger charge is 2.30. The van der Waals surface area contributed by atoms with Crippen LogP contribution in [0.25, 0.3) is 0 Å². The topological polar surface area (TPSA) is 151 Å². The first-order chi connectivity index (χ1) is 14.3. The molecule has 0 aliphatic carbocycles. The Kier molecular flexibility index (Phi) is 10.2. The molecule has 0 bridgehead atoms. The lowest BCUT2D eigenvalue weighted by molar-refractivity contribution is -0.170. The van der Waals surface area contributed by atoms with Gasteiger partial charge in [0.15, 0.2) is 18.1 Å². The number of esters is 2. The first kappa shape index (κ1) is 26.6. The molecule has 1 rings (SSSR count). The van der Waals surface area contributed by atoms with Gasteiger partial charge >= 0.3 is 23.1 Å². The molecule has 0 unspecified atom stereocenters. The zero-order valence-corrected chi connectivity index (χ0v) is 19.4. The summed E-state index contributed by atoms with van der Waals surface area (Å²) in [5.41, 5.74) is 0. The Hall–Kier alpha value is -2.41. The van der Waals surface area contributed by atoms with Gasteiger partial charge in [-0.05, 0) is 32.5 Å². The van der Waals surface area contributed by atoms with Crippen LogP contribution in [0.4, 0.5) is 4.79 Å². The van der Waals surface area contributed by atoms with E-state index in [-0.39, 0.29) is 23.9 Å². The van der Waals surface area contributed by atoms with E-state index in [9.17, 15) is 24.0 Å². The number of aryl methyl sites for hydroxylation is 1. The third-order valence-corrected chi connectivity index (χ3v) is 4.60. The molecule has 1 N–H and O–H groups in total. The minimum absolute atomic E-state index is 0.0482. The van der Waals surface area contributed by atoms with Crippen molar-refractivity contribution in [3.8, 4) is 0 Å². The first-order valence-corrected chi connectivity index (χ1v) is 10.5. The third kappa shape index (κ3) is 9.51. The summed E-state index contributed by atoms with van der Waals surface area (Å²) >= 11 is 4.71. The van der Waals surface area contributed by atoms with Gasteiger partial charge in [-0.2, -0.15) is 12.6 Å². The monoisotopic (exact) mass is 479 g/mol. The maximum absolute atomic E-state index is 12.3. The van der Waals surface area contributed by atoms with E-state index in [1.165, 1.54) is 20.8 Å². The average Bonchev–Trinajstić information content (AvgIpc) is 2.99. The molecule has 0 fully saturated rings. The maximum Gasteiger partial charge on any atom is 0.519 e. The minimum Gasteiger partial charge on any atom is -0.449 e. The predicted molar refractivity (Wildman–Crippen MR) is 112 cm³/mol. The van der Waals surface area contributed by atoms with Crippen LogP contribution in [0.2, 0.25) is 0 Å². The van der Waals surface area contributed by atoms with Crippen molar-refractivity contribution in [1.82, 2.24) is 5.32 Å². The van der Waals surface area contributed by atoms with Gasteiger partial charge in [0.1, 0.15) is 6.04 Å². The van der Waals surface area contributed by atoms with Gasteiger partial charge in [-0.3, -0.25) is 9.59 Å². The second-order valence-corrected chi connectivity index (χ2v) is 9.14. The SMILES string of the molecule is Cc1oc(=O)oc1COC(=O)SC[C@H](NC(=O)C(C)(C)S)C(=O)OCOC(=O)C(C)C. The maximum atomic E-state index is 12.3. The van der Waals surface area contributed by atoms with Crippen LogP contribution in [0.1, 0.15) is 39.2 Å². The number of ether oxygens (including phenoxy) is 3. The number of carbonyl (C=O) groups is 4. The lowest BCUT2D eigenvalue weighted by Crippen LogP contribution is -2.49. The number of hydrogen-bond acceptors (Lipinski definition) is 12. The summed E-state index contributed by atoms with van der Waals surface area (Å²) in [6.45, 7) is 6.73. The fourth-order valence-corrected chi connectivity index (χ4v) is 2.47. The Morgan fingerprint density at radius 1 is 1.10 bits per heavy atom. The summed E-state index contributed by atoms with van der Waals surface area (Å²) < 4.78 is 22.8. The largest absolute Gasteiger partial charge is 0.519 e. The van der Waals surface area contributed by atoms with Crippen molar-refractivity contribution in [2.45, 2.75) is 52.0 Å². The number of amides is 1. The third-order valence-electron chi connectivity index (χ3n) is 3.54. The number of rotatable bonds is 10. The van der Waals surface area contributed by atoms with Crippen LogP contribution in [0.5, 0.6) is 0 Å². The number of nitrogens with one attached hydrogen (secondary N) is 1. The van der Waals surface area contributed by atoms with E-state index < -0.39 is 52.5 Å². The number of thioether (sulfide) groups is 1. The molecule has 1 aromatic rings. The van der Waals surface area contributed by atoms with Crippen molar-refractivity contribution in [3.63, 3.8) is 0 Å². The molecule has 0 spiro atoms. The molecule has 13 heteroatoms. The van der Waals surface area contributed by atoms with Gasteiger partial charge in [0.05, 0.1) is 10.7 Å². The van der Waals surface area contributed by atoms with E-state index in [0.717, 1.165) is 0 Å². The standard InChI is InChI=1S/C18H25NO10S2/c1-9(2)13(20)26-8-27-14(21)11(19-15(22)18(4,5)30)7-31-17(24)25-6-12-10(3)28-16(23)29-12/h9,11,30H,6-8H2,1-5H3,(H,19,22)/t11-/m0/s1. The molecule has 1 amide bonds. The van der Waals surface area contributed by atoms with Crippen LogP contribution >= 0.6 is 24.4 Å². The highest BCUT2D eigenvalue weighted by Crippen LogP contribution is 2.15. The fraction of sp³-hybridized carbons (Fsp3) is 0.611. The van der Waals surface area contributed by atoms with Gasteiger partial charge in [-0.1, -0.05) is 13.8 Å². The van der Waals surface area contributed by atoms with Gasteiger partial charge in [0.2, 0.25) is 12.7 Å². The van der Waals surface area contributed by atoms with Crippen LogP contribution in [-0.2, 0) is 35.2 Å². The highest BCUT2D eigenvalue weighted by atomic mass is 32.2. The summed E-state index contributed by atoms with van der Waals surface area (Å²) in [6.07, 6.45) is 0. The van der Waals surface area contributed by atoms with Crippen molar-refractivity contribution >= 4 is 47.5 Å². The van der Waals surface area contributed by atoms with Crippen molar-refractivity contribution in [2.75, 3.05) is 12.5 Å². The fourth-order valence-electron chi connectivity index (χ4n) is 1.74. The number of carbonyl (C=O) groups excluding carboxylic acids is 4. The summed E-state index contributed by atoms with van der Waals surface area (Å²) in [5.74, 6) is -3.41. The lowest BCUT2D eigenvalue weighted by atomic mass is 10.2. The van der Waals surface area contributed by atoms with Crippen molar-refractivity contribution in [3.05, 3.63) is 22.1 Å². The molecule has 1 aromatic heterocycles. The van der Waals surface area contributed by atoms with E-state index in [4.69, 9.17) is 18.6 Å². The summed E-state index contributed by atoms with van der Waals surface area (Å²) in [6, 6.07) is -1.25. The van der Waals surface area contributed by atoms with E-state index in [1.807, 2.05) is 0 Å². The van der Waals surface area contributed by atoms with Crippen molar-refractivity contribution < 1.29 is 42.2 Å². The molecule has 0 aliphatic heterocycles. The second-order valence-electron chi connectivity index (χ2n) is 7.07. The summed E-state index contributed by atoms with van der Waals surface area (Å²) in [7, 11) is 0. The smallest absolute Gasteiger partial charge is 0.449 e. The molecule has 11 nitrogen and oxygen atoms in total. The molecule has 1 atom stereocenters. The summed E-state index contributed by atoms with van der Waals surface area (Å²) in [5, 5.41) is 1.63. The molecular weight excluding hydrogens is 454 g/mol. The average molecular weight is 480 g/mol. The van der Waals surface area contributed by atoms with Crippen LogP contribution in [-0.4, -0.2) is 46.5 Å². The minimum atomic E-state index is -1.25. The van der Waals surface area contributed by atoms with Crippen LogP contribution < -0.4 is 11.1 Å². The van der Waals surface area contributed by atoms with Crippen LogP contribution in [0, 0.1) is 12.8 Å². The molecule has 0 saturated carbocycles. The van der Waals surface area contributed by atoms with Gasteiger partial charge in [0.25, 0.3) is 0 Å². The predicted octanol–water partition coefficient (Wildman–Crippen LogP) is 1.80. The highest BCUT2D eigenvalue weighted by molar-refractivity contribution is 8.13. The molecule has 0 aromatic carbocycles. The van der Waals surface area contributed by atoms with E-state index in [2.05, 4.69) is 22.4 Å². The number of hydrogen-bond donors (Lipinski definition) is 2. The Bertz CT molecular complexity index is 852. The van der Waals surface area contributed by atoms with Gasteiger partial charge < -0.3 is 28.4 Å². The summed E-state index contributed by atoms with van der Waals surface area (Å²) in [4.78, 5) is 58.9. The zero-order chi connectivity index (χ0) is 23.8. The lowest BCUT2D eigenvalue weighted by Gasteiger charge is -2.22. The van der Waals surface area contributed by atoms with Gasteiger partial charge in [0, 0.05) is 5.75 Å². The quantitative estimate of drug-likeness (QED) is 0.287. The van der Waals surface area contributed by atoms with E-state index in [1.54, 1.807) is 13.8 Å². The van der Waals surface area contributed by atoms with Crippen molar-refractivity contribution in [1.29, 1.82) is 0 Å². The second kappa shape index (κ2) is 11.8. The Labute approximate surface area is 187 Å². The first-order valence-electron chi connectivity index (χ1n) is 9.06. The Balaban J connectivity index is 2.65. The zero-order valence-electron chi connectivity index (χ0n) is 17.7. The normalized spacial score (nSPS) is 12.2. The molecule has 1 heterocycles. The molecule has 0 aliphatic rings. The van der Waals surface area contributed by atoms with Gasteiger partial charge in [-0.15, -0.1) is 0 Å². The molecular formula is C18H25NO10S2. The Morgan fingerprint density at radius 2 is 1.71 bits per heavy atom. The van der Waals surface area contributed by atoms with Crippen LogP contribution in [0.15, 0.2) is 13.6 Å². The molecule has 174 valence electrons. The van der Waals surface area contributed by atoms with E-state index in [0.29, 0.717) is 11.8 Å². The molecule has 31 heavy (non-hydrogen) atoms. The van der Waals surface area contributed by atoms with Crippen molar-refractivity contribution in [2.24, 2.45) is 5.92 Å². The number of thiol groups is 1. The molecule has 0 saturated heterocycles. The van der Waals surface area contributed by atoms with E-state index >= 15 is 0 Å². The molecule has 0 radical (unpaired) electrons. The Morgan fingerprint density at radius 3 is 2.23 bits per heavy atom. The van der Waals surface area contributed by atoms with Gasteiger partial charge in [-0.25, -0.2) is 14.4 Å². The van der Waals surface area contributed by atoms with Crippen LogP contribution in [0.3, 0.4) is 0 Å².